The minimum Gasteiger partial charge on any atom is -0.504 e. The van der Waals surface area contributed by atoms with Crippen molar-refractivity contribution in [1.82, 2.24) is 0 Å². The molecule has 0 heterocycles. The number of rotatable bonds is 5. The number of esters is 1. The Labute approximate surface area is 152 Å². The van der Waals surface area contributed by atoms with Gasteiger partial charge < -0.3 is 14.6 Å². The molecule has 2 aliphatic carbocycles. The smallest absolute Gasteiger partial charge is 0.320 e. The summed E-state index contributed by atoms with van der Waals surface area (Å²) in [6.45, 7) is 2.61. The zero-order valence-corrected chi connectivity index (χ0v) is 14.9. The molecular weight excluding hydrogens is 332 g/mol. The first kappa shape index (κ1) is 18.1. The van der Waals surface area contributed by atoms with Gasteiger partial charge in [0.05, 0.1) is 20.3 Å². The van der Waals surface area contributed by atoms with E-state index in [1.54, 1.807) is 6.08 Å². The van der Waals surface area contributed by atoms with Crippen LogP contribution < -0.4 is 0 Å². The summed E-state index contributed by atoms with van der Waals surface area (Å²) in [6, 6.07) is 9.75. The molecule has 0 bridgehead atoms. The SMILES string of the molecule is COC(=O)C12C=CC(=O)C(O)=C1CC=C(C)C2COCc1ccccc1. The average molecular weight is 354 g/mol. The molecule has 0 spiro atoms. The summed E-state index contributed by atoms with van der Waals surface area (Å²) in [7, 11) is 1.31. The zero-order valence-electron chi connectivity index (χ0n) is 14.9. The van der Waals surface area contributed by atoms with Gasteiger partial charge in [0.15, 0.2) is 5.76 Å². The van der Waals surface area contributed by atoms with E-state index in [-0.39, 0.29) is 18.3 Å². The highest BCUT2D eigenvalue weighted by Gasteiger charge is 2.53. The fraction of sp³-hybridized carbons (Fsp3) is 0.333. The van der Waals surface area contributed by atoms with E-state index in [0.29, 0.717) is 18.6 Å². The Bertz CT molecular complexity index is 803. The van der Waals surface area contributed by atoms with Gasteiger partial charge in [-0.1, -0.05) is 48.1 Å². The largest absolute Gasteiger partial charge is 0.504 e. The number of ketones is 1. The Morgan fingerprint density at radius 3 is 2.73 bits per heavy atom. The quantitative estimate of drug-likeness (QED) is 0.649. The lowest BCUT2D eigenvalue weighted by atomic mass is 9.61. The lowest BCUT2D eigenvalue weighted by Crippen LogP contribution is -2.46. The van der Waals surface area contributed by atoms with E-state index in [1.807, 2.05) is 43.3 Å². The normalized spacial score (nSPS) is 24.9. The van der Waals surface area contributed by atoms with Crippen molar-refractivity contribution in [3.8, 4) is 0 Å². The van der Waals surface area contributed by atoms with Gasteiger partial charge in [-0.05, 0) is 25.0 Å². The number of benzene rings is 1. The minimum absolute atomic E-state index is 0.266. The topological polar surface area (TPSA) is 72.8 Å². The number of ether oxygens (including phenoxy) is 2. The van der Waals surface area contributed by atoms with E-state index < -0.39 is 17.2 Å². The molecule has 26 heavy (non-hydrogen) atoms. The summed E-state index contributed by atoms with van der Waals surface area (Å²) >= 11 is 0. The molecule has 136 valence electrons. The monoisotopic (exact) mass is 354 g/mol. The van der Waals surface area contributed by atoms with Crippen LogP contribution in [0.25, 0.3) is 0 Å². The molecule has 0 aliphatic heterocycles. The van der Waals surface area contributed by atoms with Gasteiger partial charge in [0.2, 0.25) is 5.78 Å². The number of carbonyl (C=O) groups excluding carboxylic acids is 2. The highest BCUT2D eigenvalue weighted by Crippen LogP contribution is 2.50. The van der Waals surface area contributed by atoms with E-state index in [1.165, 1.54) is 13.2 Å². The van der Waals surface area contributed by atoms with Crippen molar-refractivity contribution < 1.29 is 24.2 Å². The Morgan fingerprint density at radius 1 is 1.31 bits per heavy atom. The van der Waals surface area contributed by atoms with E-state index >= 15 is 0 Å². The van der Waals surface area contributed by atoms with Crippen molar-refractivity contribution >= 4 is 11.8 Å². The van der Waals surface area contributed by atoms with Crippen LogP contribution in [0.1, 0.15) is 18.9 Å². The van der Waals surface area contributed by atoms with Crippen molar-refractivity contribution in [2.24, 2.45) is 11.3 Å². The first-order valence-electron chi connectivity index (χ1n) is 8.53. The van der Waals surface area contributed by atoms with Crippen LogP contribution in [0.3, 0.4) is 0 Å². The Kier molecular flexibility index (Phi) is 5.09. The van der Waals surface area contributed by atoms with Crippen molar-refractivity contribution in [2.75, 3.05) is 13.7 Å². The van der Waals surface area contributed by atoms with Gasteiger partial charge in [0.1, 0.15) is 5.41 Å². The summed E-state index contributed by atoms with van der Waals surface area (Å²) in [6.07, 6.45) is 5.07. The highest BCUT2D eigenvalue weighted by molar-refractivity contribution is 6.06. The van der Waals surface area contributed by atoms with E-state index in [4.69, 9.17) is 9.47 Å². The molecular formula is C21H22O5. The molecule has 0 fully saturated rings. The molecule has 0 saturated heterocycles. The molecule has 0 amide bonds. The van der Waals surface area contributed by atoms with Crippen LogP contribution in [-0.2, 0) is 25.7 Å². The number of methoxy groups -OCH3 is 1. The van der Waals surface area contributed by atoms with Gasteiger partial charge in [-0.2, -0.15) is 0 Å². The number of allylic oxidation sites excluding steroid dienone is 2. The van der Waals surface area contributed by atoms with Gasteiger partial charge in [-0.3, -0.25) is 9.59 Å². The number of aliphatic hydroxyl groups excluding tert-OH is 1. The lowest BCUT2D eigenvalue weighted by molar-refractivity contribution is -0.151. The van der Waals surface area contributed by atoms with Crippen LogP contribution >= 0.6 is 0 Å². The Balaban J connectivity index is 1.92. The van der Waals surface area contributed by atoms with Gasteiger partial charge in [-0.25, -0.2) is 0 Å². The van der Waals surface area contributed by atoms with Crippen molar-refractivity contribution in [3.05, 3.63) is 71.0 Å². The summed E-state index contributed by atoms with van der Waals surface area (Å²) in [5.41, 5.74) is 1.18. The molecule has 5 nitrogen and oxygen atoms in total. The number of aliphatic hydroxyl groups is 1. The number of carbonyl (C=O) groups is 2. The highest BCUT2D eigenvalue weighted by atomic mass is 16.5. The number of hydrogen-bond donors (Lipinski definition) is 1. The van der Waals surface area contributed by atoms with E-state index in [2.05, 4.69) is 0 Å². The molecule has 1 aromatic rings. The molecule has 2 unspecified atom stereocenters. The van der Waals surface area contributed by atoms with Gasteiger partial charge in [0, 0.05) is 11.5 Å². The third-order valence-corrected chi connectivity index (χ3v) is 5.16. The second-order valence-corrected chi connectivity index (χ2v) is 6.59. The minimum atomic E-state index is -1.21. The van der Waals surface area contributed by atoms with Crippen LogP contribution in [0.2, 0.25) is 0 Å². The predicted molar refractivity (Wildman–Crippen MR) is 96.2 cm³/mol. The second kappa shape index (κ2) is 7.30. The molecule has 1 aromatic carbocycles. The predicted octanol–water partition coefficient (Wildman–Crippen LogP) is 3.28. The van der Waals surface area contributed by atoms with E-state index in [9.17, 15) is 14.7 Å². The summed E-state index contributed by atoms with van der Waals surface area (Å²) in [4.78, 5) is 24.6. The van der Waals surface area contributed by atoms with Gasteiger partial charge in [0.25, 0.3) is 0 Å². The van der Waals surface area contributed by atoms with Crippen LogP contribution in [0.15, 0.2) is 65.5 Å². The number of hydrogen-bond acceptors (Lipinski definition) is 5. The molecule has 2 atom stereocenters. The molecule has 2 aliphatic rings. The Hall–Kier alpha value is -2.66. The molecule has 3 rings (SSSR count). The number of fused-ring (bicyclic) bond motifs is 1. The maximum Gasteiger partial charge on any atom is 0.320 e. The lowest BCUT2D eigenvalue weighted by Gasteiger charge is -2.42. The molecule has 0 saturated carbocycles. The van der Waals surface area contributed by atoms with Crippen molar-refractivity contribution in [3.63, 3.8) is 0 Å². The van der Waals surface area contributed by atoms with Gasteiger partial charge in [-0.15, -0.1) is 0 Å². The molecule has 1 N–H and O–H groups in total. The fourth-order valence-corrected chi connectivity index (χ4v) is 3.72. The molecule has 0 radical (unpaired) electrons. The second-order valence-electron chi connectivity index (χ2n) is 6.59. The first-order chi connectivity index (χ1) is 12.5. The van der Waals surface area contributed by atoms with Crippen LogP contribution in [0.5, 0.6) is 0 Å². The average Bonchev–Trinajstić information content (AvgIpc) is 2.66. The van der Waals surface area contributed by atoms with Crippen LogP contribution in [0, 0.1) is 11.3 Å². The summed E-state index contributed by atoms with van der Waals surface area (Å²) in [5.74, 6) is -1.70. The molecule has 5 heteroatoms. The van der Waals surface area contributed by atoms with Crippen LogP contribution in [-0.4, -0.2) is 30.6 Å². The van der Waals surface area contributed by atoms with E-state index in [0.717, 1.165) is 11.1 Å². The third-order valence-electron chi connectivity index (χ3n) is 5.16. The molecule has 0 aromatic heterocycles. The van der Waals surface area contributed by atoms with Crippen molar-refractivity contribution in [2.45, 2.75) is 20.0 Å². The summed E-state index contributed by atoms with van der Waals surface area (Å²) in [5, 5.41) is 10.3. The Morgan fingerprint density at radius 2 is 2.04 bits per heavy atom. The maximum atomic E-state index is 12.8. The maximum absolute atomic E-state index is 12.8. The van der Waals surface area contributed by atoms with Crippen molar-refractivity contribution in [1.29, 1.82) is 0 Å². The first-order valence-corrected chi connectivity index (χ1v) is 8.53. The van der Waals surface area contributed by atoms with Crippen LogP contribution in [0.4, 0.5) is 0 Å². The third kappa shape index (κ3) is 2.99. The summed E-state index contributed by atoms with van der Waals surface area (Å²) < 4.78 is 10.9. The van der Waals surface area contributed by atoms with Gasteiger partial charge >= 0.3 is 5.97 Å². The standard InChI is InChI=1S/C21H22O5/c1-14-8-9-16-19(23)18(22)10-11-21(16,20(24)25-2)17(14)13-26-12-15-6-4-3-5-7-15/h3-8,10-11,17,23H,9,12-13H2,1-2H3. The zero-order chi connectivity index (χ0) is 18.7. The fourth-order valence-electron chi connectivity index (χ4n) is 3.72.